The summed E-state index contributed by atoms with van der Waals surface area (Å²) in [7, 11) is 0. The van der Waals surface area contributed by atoms with Gasteiger partial charge in [0, 0.05) is 51.0 Å². The van der Waals surface area contributed by atoms with Gasteiger partial charge in [0.15, 0.2) is 0 Å². The summed E-state index contributed by atoms with van der Waals surface area (Å²) in [5.41, 5.74) is 1.03. The SMILES string of the molecule is CC(C)CCC(=O)N1CCC(N2CCC[C@H](C(=O)NCc3cccnc3)C2)CC1. The van der Waals surface area contributed by atoms with Gasteiger partial charge >= 0.3 is 0 Å². The van der Waals surface area contributed by atoms with Crippen LogP contribution in [-0.4, -0.2) is 58.8 Å². The molecule has 2 fully saturated rings. The molecule has 2 aliphatic rings. The summed E-state index contributed by atoms with van der Waals surface area (Å²) in [5.74, 6) is 1.10. The van der Waals surface area contributed by atoms with Crippen LogP contribution in [0.3, 0.4) is 0 Å². The molecule has 6 heteroatoms. The van der Waals surface area contributed by atoms with Crippen LogP contribution >= 0.6 is 0 Å². The van der Waals surface area contributed by atoms with Crippen molar-refractivity contribution in [3.8, 4) is 0 Å². The Morgan fingerprint density at radius 3 is 2.69 bits per heavy atom. The van der Waals surface area contributed by atoms with Crippen molar-refractivity contribution in [2.45, 2.75) is 65.0 Å². The molecule has 2 aliphatic heterocycles. The first-order chi connectivity index (χ1) is 14.0. The Labute approximate surface area is 175 Å². The average molecular weight is 401 g/mol. The molecule has 160 valence electrons. The topological polar surface area (TPSA) is 65.5 Å². The van der Waals surface area contributed by atoms with Crippen molar-refractivity contribution in [3.05, 3.63) is 30.1 Å². The van der Waals surface area contributed by atoms with Crippen molar-refractivity contribution in [2.75, 3.05) is 26.2 Å². The minimum Gasteiger partial charge on any atom is -0.352 e. The third-order valence-corrected chi connectivity index (χ3v) is 6.28. The third kappa shape index (κ3) is 6.53. The summed E-state index contributed by atoms with van der Waals surface area (Å²) in [5, 5.41) is 3.08. The summed E-state index contributed by atoms with van der Waals surface area (Å²) in [6, 6.07) is 4.37. The molecule has 0 spiro atoms. The van der Waals surface area contributed by atoms with Crippen molar-refractivity contribution >= 4 is 11.8 Å². The maximum Gasteiger partial charge on any atom is 0.224 e. The van der Waals surface area contributed by atoms with E-state index in [1.807, 2.05) is 17.0 Å². The molecule has 3 heterocycles. The molecular weight excluding hydrogens is 364 g/mol. The lowest BCUT2D eigenvalue weighted by Crippen LogP contribution is -2.51. The first-order valence-corrected chi connectivity index (χ1v) is 11.2. The largest absolute Gasteiger partial charge is 0.352 e. The van der Waals surface area contributed by atoms with Gasteiger partial charge in [0.1, 0.15) is 0 Å². The van der Waals surface area contributed by atoms with Gasteiger partial charge in [-0.25, -0.2) is 0 Å². The van der Waals surface area contributed by atoms with Crippen molar-refractivity contribution in [1.82, 2.24) is 20.1 Å². The van der Waals surface area contributed by atoms with E-state index in [1.54, 1.807) is 12.4 Å². The first-order valence-electron chi connectivity index (χ1n) is 11.2. The standard InChI is InChI=1S/C23H36N4O2/c1-18(2)7-8-22(28)26-13-9-21(10-14-26)27-12-4-6-20(17-27)23(29)25-16-19-5-3-11-24-15-19/h3,5,11,15,18,20-21H,4,6-10,12-14,16-17H2,1-2H3,(H,25,29)/t20-/m0/s1. The fourth-order valence-corrected chi connectivity index (χ4v) is 4.44. The zero-order valence-corrected chi connectivity index (χ0v) is 18.0. The van der Waals surface area contributed by atoms with E-state index in [0.717, 1.165) is 63.8 Å². The highest BCUT2D eigenvalue weighted by atomic mass is 16.2. The Kier molecular flexibility index (Phi) is 8.04. The number of aromatic nitrogens is 1. The molecule has 1 aromatic heterocycles. The van der Waals surface area contributed by atoms with E-state index in [1.165, 1.54) is 0 Å². The minimum absolute atomic E-state index is 0.0612. The van der Waals surface area contributed by atoms with Crippen molar-refractivity contribution in [3.63, 3.8) is 0 Å². The average Bonchev–Trinajstić information content (AvgIpc) is 2.76. The van der Waals surface area contributed by atoms with Crippen LogP contribution in [0.25, 0.3) is 0 Å². The molecular formula is C23H36N4O2. The summed E-state index contributed by atoms with van der Waals surface area (Å²) in [4.78, 5) is 33.7. The Morgan fingerprint density at radius 2 is 2.00 bits per heavy atom. The molecule has 0 aliphatic carbocycles. The summed E-state index contributed by atoms with van der Waals surface area (Å²) >= 11 is 0. The van der Waals surface area contributed by atoms with Gasteiger partial charge in [0.25, 0.3) is 0 Å². The van der Waals surface area contributed by atoms with Crippen molar-refractivity contribution in [1.29, 1.82) is 0 Å². The molecule has 2 saturated heterocycles. The van der Waals surface area contributed by atoms with Crippen LogP contribution in [0.2, 0.25) is 0 Å². The Balaban J connectivity index is 1.42. The highest BCUT2D eigenvalue weighted by Crippen LogP contribution is 2.24. The Hall–Kier alpha value is -1.95. The number of pyridine rings is 1. The second kappa shape index (κ2) is 10.7. The van der Waals surface area contributed by atoms with Crippen LogP contribution in [-0.2, 0) is 16.1 Å². The Morgan fingerprint density at radius 1 is 1.21 bits per heavy atom. The number of nitrogens with zero attached hydrogens (tertiary/aromatic N) is 3. The second-order valence-electron chi connectivity index (χ2n) is 8.96. The van der Waals surface area contributed by atoms with Gasteiger partial charge in [0.2, 0.25) is 11.8 Å². The predicted molar refractivity (Wildman–Crippen MR) is 114 cm³/mol. The van der Waals surface area contributed by atoms with Gasteiger partial charge in [-0.3, -0.25) is 19.5 Å². The molecule has 0 radical (unpaired) electrons. The van der Waals surface area contributed by atoms with Crippen LogP contribution in [0.5, 0.6) is 0 Å². The van der Waals surface area contributed by atoms with Crippen LogP contribution in [0.1, 0.15) is 57.9 Å². The smallest absolute Gasteiger partial charge is 0.224 e. The monoisotopic (exact) mass is 400 g/mol. The van der Waals surface area contributed by atoms with Gasteiger partial charge < -0.3 is 10.2 Å². The number of likely N-dealkylation sites (tertiary alicyclic amines) is 2. The van der Waals surface area contributed by atoms with E-state index in [0.29, 0.717) is 30.8 Å². The van der Waals surface area contributed by atoms with Crippen LogP contribution in [0.15, 0.2) is 24.5 Å². The summed E-state index contributed by atoms with van der Waals surface area (Å²) < 4.78 is 0. The Bertz CT molecular complexity index is 656. The summed E-state index contributed by atoms with van der Waals surface area (Å²) in [6.45, 7) is 8.49. The molecule has 0 bridgehead atoms. The third-order valence-electron chi connectivity index (χ3n) is 6.28. The molecule has 6 nitrogen and oxygen atoms in total. The fourth-order valence-electron chi connectivity index (χ4n) is 4.44. The molecule has 0 saturated carbocycles. The van der Waals surface area contributed by atoms with Gasteiger partial charge in [-0.05, 0) is 56.2 Å². The minimum atomic E-state index is 0.0612. The zero-order valence-electron chi connectivity index (χ0n) is 18.0. The van der Waals surface area contributed by atoms with Crippen LogP contribution < -0.4 is 5.32 Å². The molecule has 3 rings (SSSR count). The second-order valence-corrected chi connectivity index (χ2v) is 8.96. The van der Waals surface area contributed by atoms with Crippen molar-refractivity contribution < 1.29 is 9.59 Å². The lowest BCUT2D eigenvalue weighted by Gasteiger charge is -2.42. The molecule has 0 unspecified atom stereocenters. The maximum atomic E-state index is 12.7. The van der Waals surface area contributed by atoms with E-state index < -0.39 is 0 Å². The number of amides is 2. The number of hydrogen-bond acceptors (Lipinski definition) is 4. The lowest BCUT2D eigenvalue weighted by molar-refractivity contribution is -0.133. The predicted octanol–water partition coefficient (Wildman–Crippen LogP) is 2.84. The van der Waals surface area contributed by atoms with E-state index in [9.17, 15) is 9.59 Å². The lowest BCUT2D eigenvalue weighted by atomic mass is 9.93. The van der Waals surface area contributed by atoms with Gasteiger partial charge in [-0.1, -0.05) is 19.9 Å². The van der Waals surface area contributed by atoms with Crippen molar-refractivity contribution in [2.24, 2.45) is 11.8 Å². The molecule has 29 heavy (non-hydrogen) atoms. The number of piperidine rings is 2. The maximum absolute atomic E-state index is 12.7. The normalized spacial score (nSPS) is 21.3. The number of hydrogen-bond donors (Lipinski definition) is 1. The van der Waals surface area contributed by atoms with Crippen LogP contribution in [0, 0.1) is 11.8 Å². The first kappa shape index (κ1) is 21.8. The van der Waals surface area contributed by atoms with E-state index in [-0.39, 0.29) is 11.8 Å². The highest BCUT2D eigenvalue weighted by molar-refractivity contribution is 5.79. The fraction of sp³-hybridized carbons (Fsp3) is 0.696. The quantitative estimate of drug-likeness (QED) is 0.764. The zero-order chi connectivity index (χ0) is 20.6. The van der Waals surface area contributed by atoms with Gasteiger partial charge in [0.05, 0.1) is 5.92 Å². The van der Waals surface area contributed by atoms with E-state index in [2.05, 4.69) is 29.0 Å². The molecule has 0 aromatic carbocycles. The van der Waals surface area contributed by atoms with Gasteiger partial charge in [-0.2, -0.15) is 0 Å². The summed E-state index contributed by atoms with van der Waals surface area (Å²) in [6.07, 6.45) is 9.26. The van der Waals surface area contributed by atoms with Crippen LogP contribution in [0.4, 0.5) is 0 Å². The van der Waals surface area contributed by atoms with E-state index in [4.69, 9.17) is 0 Å². The molecule has 1 N–H and O–H groups in total. The number of carbonyl (C=O) groups is 2. The number of carbonyl (C=O) groups excluding carboxylic acids is 2. The van der Waals surface area contributed by atoms with E-state index >= 15 is 0 Å². The number of nitrogens with one attached hydrogen (secondary N) is 1. The molecule has 2 amide bonds. The van der Waals surface area contributed by atoms with Gasteiger partial charge in [-0.15, -0.1) is 0 Å². The molecule has 1 atom stereocenters. The highest BCUT2D eigenvalue weighted by Gasteiger charge is 2.32. The number of rotatable bonds is 7. The molecule has 1 aromatic rings.